The molecule has 90 valence electrons. The fourth-order valence-electron chi connectivity index (χ4n) is 1.99. The maximum absolute atomic E-state index is 10.8. The number of hydrogen-bond acceptors (Lipinski definition) is 3. The zero-order chi connectivity index (χ0) is 12.3. The van der Waals surface area contributed by atoms with Crippen molar-refractivity contribution in [1.82, 2.24) is 0 Å². The van der Waals surface area contributed by atoms with Crippen molar-refractivity contribution in [3.8, 4) is 0 Å². The number of rotatable bonds is 5. The lowest BCUT2D eigenvalue weighted by Gasteiger charge is -2.15. The van der Waals surface area contributed by atoms with E-state index in [9.17, 15) is 4.79 Å². The van der Waals surface area contributed by atoms with Crippen LogP contribution in [0.15, 0.2) is 6.07 Å². The average Bonchev–Trinajstić information content (AvgIpc) is 2.43. The Kier molecular flexibility index (Phi) is 4.50. The second-order valence-electron chi connectivity index (χ2n) is 4.52. The fourth-order valence-corrected chi connectivity index (χ4v) is 3.04. The Morgan fingerprint density at radius 2 is 2.12 bits per heavy atom. The van der Waals surface area contributed by atoms with Gasteiger partial charge in [-0.2, -0.15) is 0 Å². The van der Waals surface area contributed by atoms with Crippen LogP contribution in [0.2, 0.25) is 0 Å². The first kappa shape index (κ1) is 13.2. The molecule has 4 N–H and O–H groups in total. The third-order valence-corrected chi connectivity index (χ3v) is 3.91. The summed E-state index contributed by atoms with van der Waals surface area (Å²) >= 11 is 1.74. The van der Waals surface area contributed by atoms with Crippen LogP contribution in [0.3, 0.4) is 0 Å². The standard InChI is InChI=1S/C12H20N2OS/c1-7(5-11(14)15)4-10(13)12-8(2)6-9(3)16-12/h6-7,10H,4-5,13H2,1-3H3,(H2,14,15). The van der Waals surface area contributed by atoms with Crippen molar-refractivity contribution in [2.45, 2.75) is 39.7 Å². The molecule has 1 heterocycles. The monoisotopic (exact) mass is 240 g/mol. The first-order chi connectivity index (χ1) is 7.40. The lowest BCUT2D eigenvalue weighted by molar-refractivity contribution is -0.118. The average molecular weight is 240 g/mol. The minimum Gasteiger partial charge on any atom is -0.370 e. The van der Waals surface area contributed by atoms with Gasteiger partial charge in [-0.3, -0.25) is 4.79 Å². The summed E-state index contributed by atoms with van der Waals surface area (Å²) in [6, 6.07) is 2.17. The number of hydrogen-bond donors (Lipinski definition) is 2. The third-order valence-electron chi connectivity index (χ3n) is 2.62. The summed E-state index contributed by atoms with van der Waals surface area (Å²) in [5, 5.41) is 0. The number of carbonyl (C=O) groups excluding carboxylic acids is 1. The van der Waals surface area contributed by atoms with Crippen molar-refractivity contribution >= 4 is 17.2 Å². The number of thiophene rings is 1. The third kappa shape index (κ3) is 3.61. The molecular weight excluding hydrogens is 220 g/mol. The van der Waals surface area contributed by atoms with E-state index in [1.54, 1.807) is 11.3 Å². The Hall–Kier alpha value is -0.870. The van der Waals surface area contributed by atoms with Crippen LogP contribution in [0.25, 0.3) is 0 Å². The van der Waals surface area contributed by atoms with Crippen molar-refractivity contribution in [3.63, 3.8) is 0 Å². The molecule has 0 bridgehead atoms. The van der Waals surface area contributed by atoms with Gasteiger partial charge in [0.15, 0.2) is 0 Å². The van der Waals surface area contributed by atoms with E-state index in [4.69, 9.17) is 11.5 Å². The van der Waals surface area contributed by atoms with Crippen LogP contribution in [-0.4, -0.2) is 5.91 Å². The second-order valence-corrected chi connectivity index (χ2v) is 5.81. The molecule has 16 heavy (non-hydrogen) atoms. The predicted octanol–water partition coefficient (Wildman–Crippen LogP) is 2.27. The first-order valence-electron chi connectivity index (χ1n) is 5.51. The van der Waals surface area contributed by atoms with Gasteiger partial charge in [0.05, 0.1) is 0 Å². The normalized spacial score (nSPS) is 14.8. The highest BCUT2D eigenvalue weighted by molar-refractivity contribution is 7.12. The zero-order valence-corrected chi connectivity index (χ0v) is 10.9. The van der Waals surface area contributed by atoms with Gasteiger partial charge >= 0.3 is 0 Å². The number of carbonyl (C=O) groups is 1. The Morgan fingerprint density at radius 3 is 2.56 bits per heavy atom. The van der Waals surface area contributed by atoms with Gasteiger partial charge < -0.3 is 11.5 Å². The lowest BCUT2D eigenvalue weighted by Crippen LogP contribution is -2.19. The Labute approximate surface area is 101 Å². The minimum absolute atomic E-state index is 0.0213. The molecule has 0 radical (unpaired) electrons. The molecule has 2 unspecified atom stereocenters. The second kappa shape index (κ2) is 5.46. The Morgan fingerprint density at radius 1 is 1.50 bits per heavy atom. The first-order valence-corrected chi connectivity index (χ1v) is 6.32. The molecule has 2 atom stereocenters. The van der Waals surface area contributed by atoms with E-state index in [1.165, 1.54) is 15.3 Å². The van der Waals surface area contributed by atoms with Crippen LogP contribution in [0.1, 0.15) is 41.1 Å². The molecule has 0 saturated heterocycles. The largest absolute Gasteiger partial charge is 0.370 e. The summed E-state index contributed by atoms with van der Waals surface area (Å²) in [7, 11) is 0. The molecular formula is C12H20N2OS. The van der Waals surface area contributed by atoms with Gasteiger partial charge in [-0.25, -0.2) is 0 Å². The molecule has 1 aromatic heterocycles. The van der Waals surface area contributed by atoms with E-state index < -0.39 is 0 Å². The number of primary amides is 1. The highest BCUT2D eigenvalue weighted by atomic mass is 32.1. The van der Waals surface area contributed by atoms with Crippen LogP contribution in [0, 0.1) is 19.8 Å². The predicted molar refractivity (Wildman–Crippen MR) is 68.3 cm³/mol. The lowest BCUT2D eigenvalue weighted by atomic mass is 9.97. The highest BCUT2D eigenvalue weighted by Crippen LogP contribution is 2.30. The van der Waals surface area contributed by atoms with Crippen LogP contribution < -0.4 is 11.5 Å². The number of nitrogens with two attached hydrogens (primary N) is 2. The molecule has 3 nitrogen and oxygen atoms in total. The van der Waals surface area contributed by atoms with E-state index in [1.807, 2.05) is 6.92 Å². The highest BCUT2D eigenvalue weighted by Gasteiger charge is 2.16. The zero-order valence-electron chi connectivity index (χ0n) is 10.1. The summed E-state index contributed by atoms with van der Waals surface area (Å²) in [6.45, 7) is 6.18. The van der Waals surface area contributed by atoms with Crippen molar-refractivity contribution in [3.05, 3.63) is 21.4 Å². The summed E-state index contributed by atoms with van der Waals surface area (Å²) in [5.41, 5.74) is 12.6. The SMILES string of the molecule is Cc1cc(C)c(C(N)CC(C)CC(N)=O)s1. The molecule has 1 amide bonds. The van der Waals surface area contributed by atoms with Crippen molar-refractivity contribution < 1.29 is 4.79 Å². The van der Waals surface area contributed by atoms with Gasteiger partial charge in [-0.1, -0.05) is 6.92 Å². The summed E-state index contributed by atoms with van der Waals surface area (Å²) in [5.74, 6) is -0.00640. The fraction of sp³-hybridized carbons (Fsp3) is 0.583. The van der Waals surface area contributed by atoms with Crippen molar-refractivity contribution in [1.29, 1.82) is 0 Å². The van der Waals surface area contributed by atoms with Gasteiger partial charge in [0.1, 0.15) is 0 Å². The smallest absolute Gasteiger partial charge is 0.217 e. The van der Waals surface area contributed by atoms with Gasteiger partial charge in [0.25, 0.3) is 0 Å². The van der Waals surface area contributed by atoms with Gasteiger partial charge in [-0.15, -0.1) is 11.3 Å². The van der Waals surface area contributed by atoms with E-state index in [2.05, 4.69) is 19.9 Å². The molecule has 0 aliphatic rings. The number of aryl methyl sites for hydroxylation is 2. The van der Waals surface area contributed by atoms with E-state index in [0.717, 1.165) is 6.42 Å². The topological polar surface area (TPSA) is 69.1 Å². The molecule has 0 spiro atoms. The molecule has 1 aromatic rings. The Balaban J connectivity index is 2.61. The summed E-state index contributed by atoms with van der Waals surface area (Å²) < 4.78 is 0. The van der Waals surface area contributed by atoms with E-state index in [-0.39, 0.29) is 17.9 Å². The maximum Gasteiger partial charge on any atom is 0.217 e. The van der Waals surface area contributed by atoms with E-state index in [0.29, 0.717) is 6.42 Å². The molecule has 0 saturated carbocycles. The van der Waals surface area contributed by atoms with Crippen LogP contribution in [0.4, 0.5) is 0 Å². The maximum atomic E-state index is 10.8. The van der Waals surface area contributed by atoms with E-state index >= 15 is 0 Å². The van der Waals surface area contributed by atoms with Gasteiger partial charge in [0.2, 0.25) is 5.91 Å². The van der Waals surface area contributed by atoms with Gasteiger partial charge in [0, 0.05) is 22.2 Å². The number of amides is 1. The summed E-state index contributed by atoms with van der Waals surface area (Å²) in [6.07, 6.45) is 1.22. The van der Waals surface area contributed by atoms with Crippen LogP contribution >= 0.6 is 11.3 Å². The van der Waals surface area contributed by atoms with Gasteiger partial charge in [-0.05, 0) is 37.8 Å². The van der Waals surface area contributed by atoms with Crippen molar-refractivity contribution in [2.24, 2.45) is 17.4 Å². The minimum atomic E-state index is -0.251. The molecule has 1 rings (SSSR count). The van der Waals surface area contributed by atoms with Crippen molar-refractivity contribution in [2.75, 3.05) is 0 Å². The molecule has 0 aliphatic heterocycles. The summed E-state index contributed by atoms with van der Waals surface area (Å²) in [4.78, 5) is 13.3. The molecule has 4 heteroatoms. The molecule has 0 aliphatic carbocycles. The molecule has 0 fully saturated rings. The van der Waals surface area contributed by atoms with Crippen LogP contribution in [0.5, 0.6) is 0 Å². The quantitative estimate of drug-likeness (QED) is 0.829. The Bertz CT molecular complexity index is 373. The van der Waals surface area contributed by atoms with Crippen LogP contribution in [-0.2, 0) is 4.79 Å². The molecule has 0 aromatic carbocycles.